The predicted octanol–water partition coefficient (Wildman–Crippen LogP) is 2.20. The van der Waals surface area contributed by atoms with Crippen molar-refractivity contribution in [3.05, 3.63) is 29.3 Å². The fourth-order valence-electron chi connectivity index (χ4n) is 2.52. The van der Waals surface area contributed by atoms with Gasteiger partial charge in [-0.1, -0.05) is 19.1 Å². The van der Waals surface area contributed by atoms with Crippen LogP contribution >= 0.6 is 0 Å². The van der Waals surface area contributed by atoms with E-state index in [0.717, 1.165) is 57.7 Å². The average Bonchev–Trinajstić information content (AvgIpc) is 2.94. The van der Waals surface area contributed by atoms with E-state index in [4.69, 9.17) is 15.3 Å². The van der Waals surface area contributed by atoms with Crippen molar-refractivity contribution in [2.45, 2.75) is 45.1 Å². The Bertz CT molecular complexity index is 409. The van der Waals surface area contributed by atoms with Crippen molar-refractivity contribution in [3.63, 3.8) is 0 Å². The molecule has 2 rings (SSSR count). The second-order valence-corrected chi connectivity index (χ2v) is 5.34. The summed E-state index contributed by atoms with van der Waals surface area (Å²) in [6.45, 7) is 4.56. The molecule has 0 saturated heterocycles. The normalized spacial score (nSPS) is 14.9. The zero-order valence-electron chi connectivity index (χ0n) is 12.4. The van der Waals surface area contributed by atoms with Gasteiger partial charge in [-0.2, -0.15) is 0 Å². The van der Waals surface area contributed by atoms with Crippen molar-refractivity contribution in [2.75, 3.05) is 19.8 Å². The van der Waals surface area contributed by atoms with E-state index in [-0.39, 0.29) is 0 Å². The van der Waals surface area contributed by atoms with E-state index in [2.05, 4.69) is 30.5 Å². The molecule has 0 spiro atoms. The third kappa shape index (κ3) is 4.47. The van der Waals surface area contributed by atoms with Crippen molar-refractivity contribution < 1.29 is 9.47 Å². The van der Waals surface area contributed by atoms with Crippen molar-refractivity contribution in [1.29, 1.82) is 0 Å². The van der Waals surface area contributed by atoms with E-state index in [1.54, 1.807) is 0 Å². The summed E-state index contributed by atoms with van der Waals surface area (Å²) in [5, 5.41) is 0. The summed E-state index contributed by atoms with van der Waals surface area (Å²) in [5.41, 5.74) is 5.60. The van der Waals surface area contributed by atoms with Gasteiger partial charge in [-0.3, -0.25) is 11.3 Å². The highest BCUT2D eigenvalue weighted by Gasteiger charge is 2.13. The molecule has 0 amide bonds. The number of nitrogens with two attached hydrogens (primary N) is 1. The first-order chi connectivity index (χ1) is 9.83. The van der Waals surface area contributed by atoms with Gasteiger partial charge in [-0.25, -0.2) is 0 Å². The first kappa shape index (κ1) is 15.3. The zero-order chi connectivity index (χ0) is 14.2. The lowest BCUT2D eigenvalue weighted by molar-refractivity contribution is 0.123. The first-order valence-electron chi connectivity index (χ1n) is 7.62. The van der Waals surface area contributed by atoms with Crippen LogP contribution in [0.3, 0.4) is 0 Å². The Kier molecular flexibility index (Phi) is 6.30. The third-order valence-corrected chi connectivity index (χ3v) is 3.73. The van der Waals surface area contributed by atoms with Gasteiger partial charge in [0.15, 0.2) is 0 Å². The maximum absolute atomic E-state index is 5.62. The smallest absolute Gasteiger partial charge is 0.122 e. The summed E-state index contributed by atoms with van der Waals surface area (Å²) in [6.07, 6.45) is 5.14. The fourth-order valence-corrected chi connectivity index (χ4v) is 2.52. The predicted molar refractivity (Wildman–Crippen MR) is 80.8 cm³/mol. The molecule has 1 aliphatic rings. The Morgan fingerprint density at radius 3 is 3.05 bits per heavy atom. The van der Waals surface area contributed by atoms with Crippen LogP contribution in [0.15, 0.2) is 18.2 Å². The zero-order valence-corrected chi connectivity index (χ0v) is 12.4. The van der Waals surface area contributed by atoms with Gasteiger partial charge in [0.2, 0.25) is 0 Å². The summed E-state index contributed by atoms with van der Waals surface area (Å²) in [7, 11) is 0. The molecule has 1 atom stereocenters. The van der Waals surface area contributed by atoms with Crippen molar-refractivity contribution in [2.24, 2.45) is 5.84 Å². The third-order valence-electron chi connectivity index (χ3n) is 3.73. The summed E-state index contributed by atoms with van der Waals surface area (Å²) in [5.74, 6) is 6.67. The van der Waals surface area contributed by atoms with Gasteiger partial charge in [0, 0.05) is 25.7 Å². The van der Waals surface area contributed by atoms with E-state index >= 15 is 0 Å². The maximum Gasteiger partial charge on any atom is 0.122 e. The SMILES string of the molecule is CCCOCCC(CCc1ccc2c(c1)CCO2)NN. The number of aryl methyl sites for hydroxylation is 1. The number of hydrogen-bond acceptors (Lipinski definition) is 4. The van der Waals surface area contributed by atoms with E-state index in [1.165, 1.54) is 11.1 Å². The van der Waals surface area contributed by atoms with Crippen LogP contribution in [0, 0.1) is 0 Å². The second kappa shape index (κ2) is 8.25. The topological polar surface area (TPSA) is 56.5 Å². The standard InChI is InChI=1S/C16H26N2O2/c1-2-9-19-10-8-15(18-17)5-3-13-4-6-16-14(12-13)7-11-20-16/h4,6,12,15,18H,2-3,5,7-11,17H2,1H3. The Labute approximate surface area is 121 Å². The second-order valence-electron chi connectivity index (χ2n) is 5.34. The average molecular weight is 278 g/mol. The number of hydrogen-bond donors (Lipinski definition) is 2. The van der Waals surface area contributed by atoms with E-state index in [0.29, 0.717) is 6.04 Å². The molecule has 1 aliphatic heterocycles. The lowest BCUT2D eigenvalue weighted by Gasteiger charge is -2.16. The number of ether oxygens (including phenoxy) is 2. The molecule has 0 aromatic heterocycles. The van der Waals surface area contributed by atoms with Crippen LogP contribution in [0.25, 0.3) is 0 Å². The van der Waals surface area contributed by atoms with Gasteiger partial charge in [-0.05, 0) is 42.9 Å². The number of benzene rings is 1. The molecule has 3 N–H and O–H groups in total. The van der Waals surface area contributed by atoms with Gasteiger partial charge in [0.05, 0.1) is 6.61 Å². The van der Waals surface area contributed by atoms with Crippen molar-refractivity contribution >= 4 is 0 Å². The highest BCUT2D eigenvalue weighted by Crippen LogP contribution is 2.26. The molecule has 20 heavy (non-hydrogen) atoms. The molecule has 0 aliphatic carbocycles. The molecule has 0 bridgehead atoms. The first-order valence-corrected chi connectivity index (χ1v) is 7.62. The van der Waals surface area contributed by atoms with E-state index < -0.39 is 0 Å². The van der Waals surface area contributed by atoms with Crippen LogP contribution in [0.4, 0.5) is 0 Å². The molecule has 1 heterocycles. The van der Waals surface area contributed by atoms with Crippen molar-refractivity contribution in [1.82, 2.24) is 5.43 Å². The van der Waals surface area contributed by atoms with Gasteiger partial charge >= 0.3 is 0 Å². The lowest BCUT2D eigenvalue weighted by atomic mass is 10.0. The molecule has 0 radical (unpaired) electrons. The summed E-state index contributed by atoms with van der Waals surface area (Å²) in [6, 6.07) is 6.83. The minimum absolute atomic E-state index is 0.316. The Hall–Kier alpha value is -1.10. The fraction of sp³-hybridized carbons (Fsp3) is 0.625. The Morgan fingerprint density at radius 1 is 1.35 bits per heavy atom. The highest BCUT2D eigenvalue weighted by molar-refractivity contribution is 5.39. The molecule has 4 nitrogen and oxygen atoms in total. The van der Waals surface area contributed by atoms with Gasteiger partial charge in [-0.15, -0.1) is 0 Å². The molecule has 0 fully saturated rings. The van der Waals surface area contributed by atoms with E-state index in [9.17, 15) is 0 Å². The molecular weight excluding hydrogens is 252 g/mol. The maximum atomic E-state index is 5.62. The van der Waals surface area contributed by atoms with Crippen LogP contribution in [0.5, 0.6) is 5.75 Å². The highest BCUT2D eigenvalue weighted by atomic mass is 16.5. The Balaban J connectivity index is 1.75. The number of nitrogens with one attached hydrogen (secondary N) is 1. The van der Waals surface area contributed by atoms with Crippen LogP contribution in [0.1, 0.15) is 37.3 Å². The monoisotopic (exact) mass is 278 g/mol. The molecule has 4 heteroatoms. The number of rotatable bonds is 9. The molecule has 1 unspecified atom stereocenters. The van der Waals surface area contributed by atoms with Gasteiger partial charge in [0.25, 0.3) is 0 Å². The summed E-state index contributed by atoms with van der Waals surface area (Å²) < 4.78 is 11.0. The molecule has 112 valence electrons. The largest absolute Gasteiger partial charge is 0.493 e. The number of hydrazine groups is 1. The summed E-state index contributed by atoms with van der Waals surface area (Å²) >= 11 is 0. The van der Waals surface area contributed by atoms with Gasteiger partial charge < -0.3 is 9.47 Å². The van der Waals surface area contributed by atoms with E-state index in [1.807, 2.05) is 0 Å². The molecular formula is C16H26N2O2. The quantitative estimate of drug-likeness (QED) is 0.413. The van der Waals surface area contributed by atoms with Crippen molar-refractivity contribution in [3.8, 4) is 5.75 Å². The summed E-state index contributed by atoms with van der Waals surface area (Å²) in [4.78, 5) is 0. The number of fused-ring (bicyclic) bond motifs is 1. The van der Waals surface area contributed by atoms with Gasteiger partial charge in [0.1, 0.15) is 5.75 Å². The molecule has 1 aromatic carbocycles. The van der Waals surface area contributed by atoms with Crippen LogP contribution in [-0.2, 0) is 17.6 Å². The van der Waals surface area contributed by atoms with Crippen LogP contribution < -0.4 is 16.0 Å². The Morgan fingerprint density at radius 2 is 2.25 bits per heavy atom. The van der Waals surface area contributed by atoms with Crippen LogP contribution in [0.2, 0.25) is 0 Å². The molecule has 1 aromatic rings. The molecule has 0 saturated carbocycles. The van der Waals surface area contributed by atoms with Crippen LogP contribution in [-0.4, -0.2) is 25.9 Å². The minimum Gasteiger partial charge on any atom is -0.493 e. The lowest BCUT2D eigenvalue weighted by Crippen LogP contribution is -2.36. The minimum atomic E-state index is 0.316.